The topological polar surface area (TPSA) is 49.0 Å². The summed E-state index contributed by atoms with van der Waals surface area (Å²) in [6.07, 6.45) is 10.6. The van der Waals surface area contributed by atoms with Crippen LogP contribution in [0, 0.1) is 24.7 Å². The van der Waals surface area contributed by atoms with Gasteiger partial charge in [-0.1, -0.05) is 23.4 Å². The van der Waals surface area contributed by atoms with Gasteiger partial charge in [0.2, 0.25) is 0 Å². The lowest BCUT2D eigenvalue weighted by Crippen LogP contribution is -2.24. The number of rotatable bonds is 4. The number of aromatic nitrogens is 3. The molecule has 5 nitrogen and oxygen atoms in total. The van der Waals surface area contributed by atoms with Crippen molar-refractivity contribution in [1.82, 2.24) is 14.3 Å². The summed E-state index contributed by atoms with van der Waals surface area (Å²) >= 11 is 6.01. The molecule has 0 aliphatic heterocycles. The van der Waals surface area contributed by atoms with Crippen LogP contribution in [0.4, 0.5) is 0 Å². The number of halogens is 1. The summed E-state index contributed by atoms with van der Waals surface area (Å²) in [7, 11) is 1.52. The van der Waals surface area contributed by atoms with E-state index in [2.05, 4.69) is 16.9 Å². The molecule has 0 aliphatic carbocycles. The van der Waals surface area contributed by atoms with Crippen molar-refractivity contribution in [3.05, 3.63) is 33.7 Å². The number of methoxy groups -OCH3 is 1. The van der Waals surface area contributed by atoms with E-state index >= 15 is 0 Å². The first kappa shape index (κ1) is 14.8. The summed E-state index contributed by atoms with van der Waals surface area (Å²) in [5.41, 5.74) is 0.205. The third-order valence-corrected chi connectivity index (χ3v) is 3.05. The highest BCUT2D eigenvalue weighted by Gasteiger charge is 2.17. The maximum atomic E-state index is 12.2. The molecule has 0 radical (unpaired) electrons. The third-order valence-electron chi connectivity index (χ3n) is 2.82. The monoisotopic (exact) mass is 301 g/mol. The number of nitrogens with zero attached hydrogens (tertiary/aromatic N) is 3. The van der Waals surface area contributed by atoms with Crippen LogP contribution in [0.15, 0.2) is 23.0 Å². The summed E-state index contributed by atoms with van der Waals surface area (Å²) in [6.45, 7) is 0.140. The lowest BCUT2D eigenvalue weighted by atomic mass is 10.2. The Bertz CT molecular complexity index is 806. The van der Waals surface area contributed by atoms with E-state index in [1.807, 2.05) is 0 Å². The minimum absolute atomic E-state index is 0.0618. The zero-order chi connectivity index (χ0) is 15.4. The molecule has 0 saturated heterocycles. The Kier molecular flexibility index (Phi) is 4.37. The largest absolute Gasteiger partial charge is 0.496 e. The summed E-state index contributed by atoms with van der Waals surface area (Å²) in [4.78, 5) is 12.2. The van der Waals surface area contributed by atoms with Gasteiger partial charge in [0.15, 0.2) is 5.82 Å². The average Bonchev–Trinajstić information content (AvgIpc) is 2.77. The van der Waals surface area contributed by atoms with Crippen molar-refractivity contribution in [2.45, 2.75) is 13.1 Å². The molecular weight excluding hydrogens is 290 g/mol. The predicted octanol–water partition coefficient (Wildman–Crippen LogP) is 1.64. The Balaban J connectivity index is 2.72. The van der Waals surface area contributed by atoms with Gasteiger partial charge < -0.3 is 4.74 Å². The lowest BCUT2D eigenvalue weighted by Gasteiger charge is -2.08. The molecule has 0 aliphatic rings. The lowest BCUT2D eigenvalue weighted by molar-refractivity contribution is 0.416. The van der Waals surface area contributed by atoms with Crippen LogP contribution in [0.2, 0.25) is 5.02 Å². The first-order valence-corrected chi connectivity index (χ1v) is 6.38. The van der Waals surface area contributed by atoms with Crippen LogP contribution in [0.25, 0.3) is 11.4 Å². The van der Waals surface area contributed by atoms with Gasteiger partial charge in [-0.05, 0) is 18.2 Å². The van der Waals surface area contributed by atoms with Crippen LogP contribution >= 0.6 is 11.6 Å². The second-order valence-corrected chi connectivity index (χ2v) is 4.54. The highest BCUT2D eigenvalue weighted by Crippen LogP contribution is 2.30. The summed E-state index contributed by atoms with van der Waals surface area (Å²) in [5.74, 6) is 5.71. The fourth-order valence-corrected chi connectivity index (χ4v) is 2.09. The smallest absolute Gasteiger partial charge is 0.347 e. The van der Waals surface area contributed by atoms with E-state index in [0.717, 1.165) is 0 Å². The van der Waals surface area contributed by atoms with Crippen molar-refractivity contribution < 1.29 is 4.74 Å². The molecule has 1 aromatic heterocycles. The van der Waals surface area contributed by atoms with Crippen molar-refractivity contribution >= 4 is 11.6 Å². The Morgan fingerprint density at radius 2 is 2.05 bits per heavy atom. The van der Waals surface area contributed by atoms with Gasteiger partial charge in [-0.15, -0.1) is 17.9 Å². The second-order valence-electron chi connectivity index (χ2n) is 4.10. The van der Waals surface area contributed by atoms with Gasteiger partial charge in [0.1, 0.15) is 12.3 Å². The Morgan fingerprint density at radius 1 is 1.33 bits per heavy atom. The highest BCUT2D eigenvalue weighted by atomic mass is 35.5. The Morgan fingerprint density at radius 3 is 2.67 bits per heavy atom. The highest BCUT2D eigenvalue weighted by molar-refractivity contribution is 6.30. The fraction of sp³-hybridized carbons (Fsp3) is 0.200. The van der Waals surface area contributed by atoms with Gasteiger partial charge in [-0.2, -0.15) is 0 Å². The summed E-state index contributed by atoms with van der Waals surface area (Å²) < 4.78 is 7.81. The van der Waals surface area contributed by atoms with E-state index in [1.54, 1.807) is 18.2 Å². The number of ether oxygens (including phenoxy) is 1. The molecule has 0 unspecified atom stereocenters. The molecule has 0 fully saturated rings. The molecule has 21 heavy (non-hydrogen) atoms. The van der Waals surface area contributed by atoms with Gasteiger partial charge in [0.25, 0.3) is 0 Å². The molecule has 1 aromatic carbocycles. The van der Waals surface area contributed by atoms with Crippen LogP contribution < -0.4 is 10.4 Å². The summed E-state index contributed by atoms with van der Waals surface area (Å²) in [6, 6.07) is 5.05. The number of benzene rings is 1. The van der Waals surface area contributed by atoms with Crippen molar-refractivity contribution in [1.29, 1.82) is 0 Å². The van der Waals surface area contributed by atoms with E-state index in [4.69, 9.17) is 29.2 Å². The van der Waals surface area contributed by atoms with Crippen LogP contribution in [-0.2, 0) is 13.1 Å². The standard InChI is InChI=1S/C15H12ClN3O2/c1-4-8-18-14(17-19(9-5-2)15(18)20)12-10-11(16)6-7-13(12)21-3/h1-2,6-7,10H,8-9H2,3H3. The molecule has 0 amide bonds. The molecule has 1 heterocycles. The van der Waals surface area contributed by atoms with E-state index in [1.165, 1.54) is 16.4 Å². The molecule has 0 atom stereocenters. The van der Waals surface area contributed by atoms with E-state index in [-0.39, 0.29) is 18.8 Å². The number of hydrogen-bond donors (Lipinski definition) is 0. The first-order valence-electron chi connectivity index (χ1n) is 6.00. The van der Waals surface area contributed by atoms with Crippen LogP contribution in [0.1, 0.15) is 0 Å². The molecule has 0 saturated carbocycles. The zero-order valence-corrected chi connectivity index (χ0v) is 12.1. The SMILES string of the molecule is C#CCn1nc(-c2cc(Cl)ccc2OC)n(CC#C)c1=O. The molecule has 0 bridgehead atoms. The average molecular weight is 302 g/mol. The molecule has 106 valence electrons. The van der Waals surface area contributed by atoms with Crippen molar-refractivity contribution in [3.63, 3.8) is 0 Å². The number of terminal acetylenes is 2. The molecule has 0 N–H and O–H groups in total. The third kappa shape index (κ3) is 2.79. The van der Waals surface area contributed by atoms with Crippen LogP contribution in [0.5, 0.6) is 5.75 Å². The van der Waals surface area contributed by atoms with E-state index < -0.39 is 0 Å². The maximum Gasteiger partial charge on any atom is 0.347 e. The molecular formula is C15H12ClN3O2. The summed E-state index contributed by atoms with van der Waals surface area (Å²) in [5, 5.41) is 4.73. The van der Waals surface area contributed by atoms with Gasteiger partial charge >= 0.3 is 5.69 Å². The number of hydrogen-bond acceptors (Lipinski definition) is 3. The Hall–Kier alpha value is -2.63. The quantitative estimate of drug-likeness (QED) is 0.807. The normalized spacial score (nSPS) is 9.90. The fourth-order valence-electron chi connectivity index (χ4n) is 1.92. The van der Waals surface area contributed by atoms with Gasteiger partial charge in [-0.25, -0.2) is 9.48 Å². The maximum absolute atomic E-state index is 12.2. The van der Waals surface area contributed by atoms with Crippen molar-refractivity contribution in [3.8, 4) is 41.8 Å². The van der Waals surface area contributed by atoms with Crippen LogP contribution in [-0.4, -0.2) is 21.5 Å². The van der Waals surface area contributed by atoms with Gasteiger partial charge in [0, 0.05) is 5.02 Å². The Labute approximate surface area is 127 Å². The molecule has 0 spiro atoms. The van der Waals surface area contributed by atoms with Gasteiger partial charge in [-0.3, -0.25) is 4.57 Å². The predicted molar refractivity (Wildman–Crippen MR) is 81.2 cm³/mol. The van der Waals surface area contributed by atoms with E-state index in [0.29, 0.717) is 22.2 Å². The van der Waals surface area contributed by atoms with Crippen LogP contribution in [0.3, 0.4) is 0 Å². The minimum atomic E-state index is -0.372. The van der Waals surface area contributed by atoms with Crippen molar-refractivity contribution in [2.75, 3.05) is 7.11 Å². The van der Waals surface area contributed by atoms with E-state index in [9.17, 15) is 4.79 Å². The zero-order valence-electron chi connectivity index (χ0n) is 11.3. The minimum Gasteiger partial charge on any atom is -0.496 e. The first-order chi connectivity index (χ1) is 10.1. The molecule has 2 rings (SSSR count). The molecule has 6 heteroatoms. The van der Waals surface area contributed by atoms with Crippen molar-refractivity contribution in [2.24, 2.45) is 0 Å². The second kappa shape index (κ2) is 6.21. The van der Waals surface area contributed by atoms with Gasteiger partial charge in [0.05, 0.1) is 19.2 Å². The molecule has 2 aromatic rings.